The summed E-state index contributed by atoms with van der Waals surface area (Å²) in [5.74, 6) is 0. The van der Waals surface area contributed by atoms with Crippen molar-refractivity contribution in [3.63, 3.8) is 0 Å². The molecule has 2 aliphatic rings. The minimum atomic E-state index is 1.07. The highest BCUT2D eigenvalue weighted by atomic mass is 15.2. The molecule has 2 aliphatic carbocycles. The third-order valence-electron chi connectivity index (χ3n) is 17.4. The summed E-state index contributed by atoms with van der Waals surface area (Å²) < 4.78 is 9.43. The van der Waals surface area contributed by atoms with Crippen LogP contribution in [0.2, 0.25) is 0 Å². The average molecular weight is 998 g/mol. The van der Waals surface area contributed by atoms with Crippen LogP contribution in [0, 0.1) is 13.8 Å². The molecule has 15 rings (SSSR count). The number of anilines is 6. The number of H-pyrrole nitrogens is 1. The maximum absolute atomic E-state index is 3.76. The molecule has 7 nitrogen and oxygen atoms in total. The molecule has 374 valence electrons. The Kier molecular flexibility index (Phi) is 10.1. The van der Waals surface area contributed by atoms with Gasteiger partial charge < -0.3 is 33.1 Å². The minimum Gasteiger partial charge on any atom is -0.355 e. The standard InChI is InChI=1S/C70H59N7/c1-43-44(2)70(46-25-29-48(30-26-46)77(51-33-37-59-56-17-9-13-21-64(56)73(4)67(59)41-51)52-34-38-60-57-18-10-14-22-65(57)74(5)68(60)42-52)75(6)69(43)45-23-27-47(28-24-45)76(49-31-35-54-53-15-7-11-19-61(53)71-62(54)39-49)50-32-36-58-55-16-8-12-20-63(55)72(3)66(58)40-50/h8-9,12-13,15-42,71H,7,10-11,14H2,1-6H3. The van der Waals surface area contributed by atoms with Crippen LogP contribution in [0.1, 0.15) is 36.8 Å². The predicted molar refractivity (Wildman–Crippen MR) is 326 cm³/mol. The normalized spacial score (nSPS) is 13.3. The van der Waals surface area contributed by atoms with Crippen LogP contribution in [-0.4, -0.2) is 23.3 Å². The Hall–Kier alpha value is -9.20. The molecule has 8 aromatic carbocycles. The van der Waals surface area contributed by atoms with Gasteiger partial charge in [0.2, 0.25) is 0 Å². The highest BCUT2D eigenvalue weighted by molar-refractivity contribution is 6.10. The fraction of sp³-hybridized carbons (Fsp3) is 0.143. The van der Waals surface area contributed by atoms with E-state index in [0.29, 0.717) is 0 Å². The van der Waals surface area contributed by atoms with Gasteiger partial charge >= 0.3 is 0 Å². The zero-order valence-electron chi connectivity index (χ0n) is 44.5. The zero-order chi connectivity index (χ0) is 51.8. The first kappa shape index (κ1) is 45.2. The van der Waals surface area contributed by atoms with E-state index in [1.54, 1.807) is 0 Å². The van der Waals surface area contributed by atoms with Gasteiger partial charge in [0.05, 0.1) is 27.9 Å². The Balaban J connectivity index is 0.813. The largest absolute Gasteiger partial charge is 0.355 e. The van der Waals surface area contributed by atoms with Crippen molar-refractivity contribution in [1.29, 1.82) is 0 Å². The van der Waals surface area contributed by atoms with Crippen molar-refractivity contribution < 1.29 is 0 Å². The number of benzene rings is 8. The van der Waals surface area contributed by atoms with Crippen molar-refractivity contribution in [2.45, 2.75) is 39.5 Å². The fourth-order valence-electron chi connectivity index (χ4n) is 13.5. The highest BCUT2D eigenvalue weighted by Crippen LogP contribution is 2.44. The Labute approximate surface area is 447 Å². The smallest absolute Gasteiger partial charge is 0.0515 e. The summed E-state index contributed by atoms with van der Waals surface area (Å²) >= 11 is 0. The number of aryl methyl sites for hydroxylation is 3. The maximum Gasteiger partial charge on any atom is 0.0515 e. The van der Waals surface area contributed by atoms with Crippen LogP contribution >= 0.6 is 0 Å². The van der Waals surface area contributed by atoms with Crippen molar-refractivity contribution in [2.75, 3.05) is 9.80 Å². The van der Waals surface area contributed by atoms with Gasteiger partial charge in [0.25, 0.3) is 0 Å². The molecule has 0 saturated carbocycles. The molecular weight excluding hydrogens is 939 g/mol. The Morgan fingerprint density at radius 2 is 0.766 bits per heavy atom. The summed E-state index contributed by atoms with van der Waals surface area (Å²) in [5, 5.41) is 12.9. The number of fused-ring (bicyclic) bond motifs is 12. The molecule has 0 amide bonds. The molecule has 0 aliphatic heterocycles. The van der Waals surface area contributed by atoms with Crippen LogP contribution in [-0.2, 0) is 28.2 Å². The lowest BCUT2D eigenvalue weighted by Gasteiger charge is -2.26. The summed E-state index contributed by atoms with van der Waals surface area (Å²) in [6.07, 6.45) is 13.8. The lowest BCUT2D eigenvalue weighted by Crippen LogP contribution is -2.29. The summed E-state index contributed by atoms with van der Waals surface area (Å²) in [5.41, 5.74) is 21.4. The monoisotopic (exact) mass is 997 g/mol. The fourth-order valence-corrected chi connectivity index (χ4v) is 13.5. The molecule has 0 radical (unpaired) electrons. The van der Waals surface area contributed by atoms with Crippen LogP contribution in [0.25, 0.3) is 112 Å². The average Bonchev–Trinajstić information content (AvgIpc) is 4.25. The number of nitrogens with zero attached hydrogens (tertiary/aromatic N) is 6. The van der Waals surface area contributed by atoms with Crippen LogP contribution in [0.15, 0.2) is 170 Å². The molecule has 0 bridgehead atoms. The first-order valence-corrected chi connectivity index (χ1v) is 27.2. The van der Waals surface area contributed by atoms with E-state index in [1.165, 1.54) is 115 Å². The third-order valence-corrected chi connectivity index (χ3v) is 17.4. The second-order valence-corrected chi connectivity index (χ2v) is 21.5. The van der Waals surface area contributed by atoms with Crippen molar-refractivity contribution >= 4 is 124 Å². The Morgan fingerprint density at radius 3 is 1.31 bits per heavy atom. The molecule has 0 spiro atoms. The summed E-state index contributed by atoms with van der Waals surface area (Å²) in [6, 6.07) is 63.7. The van der Waals surface area contributed by atoms with Crippen molar-refractivity contribution in [3.8, 4) is 22.5 Å². The highest BCUT2D eigenvalue weighted by Gasteiger charge is 2.23. The van der Waals surface area contributed by atoms with Gasteiger partial charge in [-0.25, -0.2) is 0 Å². The van der Waals surface area contributed by atoms with E-state index in [0.717, 1.165) is 65.3 Å². The quantitative estimate of drug-likeness (QED) is 0.165. The predicted octanol–water partition coefficient (Wildman–Crippen LogP) is 14.9. The molecule has 5 heterocycles. The van der Waals surface area contributed by atoms with Crippen LogP contribution in [0.5, 0.6) is 0 Å². The van der Waals surface area contributed by atoms with E-state index in [-0.39, 0.29) is 0 Å². The first-order valence-electron chi connectivity index (χ1n) is 27.2. The molecule has 0 atom stereocenters. The van der Waals surface area contributed by atoms with Gasteiger partial charge in [0.1, 0.15) is 0 Å². The number of aromatic nitrogens is 5. The van der Waals surface area contributed by atoms with Crippen molar-refractivity contribution in [3.05, 3.63) is 202 Å². The van der Waals surface area contributed by atoms with Crippen LogP contribution < -0.4 is 30.9 Å². The molecule has 77 heavy (non-hydrogen) atoms. The number of hydrogen-bond donors (Lipinski definition) is 1. The van der Waals surface area contributed by atoms with Gasteiger partial charge in [-0.3, -0.25) is 0 Å². The number of rotatable bonds is 8. The van der Waals surface area contributed by atoms with Gasteiger partial charge in [0, 0.05) is 132 Å². The van der Waals surface area contributed by atoms with Crippen LogP contribution in [0.3, 0.4) is 0 Å². The number of para-hydroxylation sites is 2. The summed E-state index contributed by atoms with van der Waals surface area (Å²) in [4.78, 5) is 8.60. The van der Waals surface area contributed by atoms with Gasteiger partial charge in [0.15, 0.2) is 0 Å². The Bertz CT molecular complexity index is 4880. The van der Waals surface area contributed by atoms with E-state index < -0.39 is 0 Å². The van der Waals surface area contributed by atoms with Gasteiger partial charge in [-0.15, -0.1) is 0 Å². The van der Waals surface area contributed by atoms with Gasteiger partial charge in [-0.2, -0.15) is 0 Å². The molecule has 0 fully saturated rings. The Morgan fingerprint density at radius 1 is 0.351 bits per heavy atom. The number of hydrogen-bond acceptors (Lipinski definition) is 2. The van der Waals surface area contributed by atoms with E-state index >= 15 is 0 Å². The molecule has 0 unspecified atom stereocenters. The number of nitrogens with one attached hydrogen (secondary N) is 1. The maximum atomic E-state index is 3.76. The summed E-state index contributed by atoms with van der Waals surface area (Å²) in [7, 11) is 8.81. The van der Waals surface area contributed by atoms with E-state index in [9.17, 15) is 0 Å². The van der Waals surface area contributed by atoms with Crippen LogP contribution in [0.4, 0.5) is 34.1 Å². The summed E-state index contributed by atoms with van der Waals surface area (Å²) in [6.45, 7) is 4.56. The minimum absolute atomic E-state index is 1.07. The van der Waals surface area contributed by atoms with E-state index in [4.69, 9.17) is 0 Å². The van der Waals surface area contributed by atoms with Gasteiger partial charge in [-0.05, 0) is 147 Å². The zero-order valence-corrected chi connectivity index (χ0v) is 44.5. The molecule has 0 saturated heterocycles. The second-order valence-electron chi connectivity index (χ2n) is 21.5. The van der Waals surface area contributed by atoms with E-state index in [2.05, 4.69) is 269 Å². The molecule has 1 N–H and O–H groups in total. The lowest BCUT2D eigenvalue weighted by molar-refractivity contribution is 0.909. The number of aromatic amines is 1. The van der Waals surface area contributed by atoms with Crippen molar-refractivity contribution in [1.82, 2.24) is 23.3 Å². The molecule has 5 aromatic heterocycles. The topological polar surface area (TPSA) is 42.0 Å². The van der Waals surface area contributed by atoms with E-state index in [1.807, 2.05) is 0 Å². The molecular formula is C70H59N7. The third kappa shape index (κ3) is 6.82. The molecule has 7 heteroatoms. The SMILES string of the molecule is Cc1c(C)c(-c2ccc(N(c3ccc4c5c(n(C)c4c3)=CCCC=5)c3ccc4c5ccccc5n(C)c4c3)cc2)n(C)c1-c1ccc(N(c2ccc3c4c([nH]c3c2)=CCCC=4)c2ccc3c4ccccc4n(C)c3c2)cc1. The second kappa shape index (κ2) is 17.2. The van der Waals surface area contributed by atoms with Gasteiger partial charge in [-0.1, -0.05) is 109 Å². The first-order chi connectivity index (χ1) is 37.7. The molecule has 13 aromatic rings. The van der Waals surface area contributed by atoms with Crippen molar-refractivity contribution in [2.24, 2.45) is 28.2 Å². The lowest BCUT2D eigenvalue weighted by atomic mass is 10.0.